The molecule has 0 atom stereocenters. The summed E-state index contributed by atoms with van der Waals surface area (Å²) in [4.78, 5) is 6.12. The van der Waals surface area contributed by atoms with E-state index in [2.05, 4.69) is 10.3 Å². The normalized spacial score (nSPS) is 14.7. The Kier molecular flexibility index (Phi) is 5.12. The highest BCUT2D eigenvalue weighted by atomic mass is 19.1. The first-order valence-electron chi connectivity index (χ1n) is 7.00. The summed E-state index contributed by atoms with van der Waals surface area (Å²) in [5, 5.41) is 3.25. The minimum atomic E-state index is -0.202. The minimum Gasteiger partial charge on any atom is -0.445 e. The Bertz CT molecular complexity index is 522. The van der Waals surface area contributed by atoms with Gasteiger partial charge in [0.05, 0.1) is 11.9 Å². The van der Waals surface area contributed by atoms with Crippen LogP contribution in [0.2, 0.25) is 0 Å². The predicted molar refractivity (Wildman–Crippen MR) is 78.3 cm³/mol. The van der Waals surface area contributed by atoms with E-state index >= 15 is 0 Å². The predicted octanol–water partition coefficient (Wildman–Crippen LogP) is 2.92. The van der Waals surface area contributed by atoms with E-state index in [0.717, 1.165) is 31.7 Å². The zero-order valence-electron chi connectivity index (χ0n) is 11.9. The number of hydrogen-bond acceptors (Lipinski definition) is 4. The van der Waals surface area contributed by atoms with E-state index in [1.165, 1.54) is 12.3 Å². The van der Waals surface area contributed by atoms with E-state index in [0.29, 0.717) is 11.6 Å². The number of benzene rings is 1. The molecule has 2 aromatic rings. The fraction of sp³-hybridized carbons (Fsp3) is 0.400. The van der Waals surface area contributed by atoms with Crippen molar-refractivity contribution in [3.05, 3.63) is 36.5 Å². The van der Waals surface area contributed by atoms with E-state index in [1.54, 1.807) is 18.3 Å². The highest BCUT2D eigenvalue weighted by Gasteiger charge is 2.16. The van der Waals surface area contributed by atoms with Crippen LogP contribution in [0.3, 0.4) is 0 Å². The maximum atomic E-state index is 13.9. The lowest BCUT2D eigenvalue weighted by atomic mass is 10.1. The molecule has 4 nitrogen and oxygen atoms in total. The lowest BCUT2D eigenvalue weighted by Crippen LogP contribution is -2.43. The standard InChI is InChI=1S/C13H14FN3O.C2H6/c14-11-2-1-10(13-16-5-8-18-13)9-12(11)17-6-3-15-4-7-17;1-2/h1-2,5,8-9,15H,3-4,6-7H2;1-2H3. The maximum Gasteiger partial charge on any atom is 0.225 e. The van der Waals surface area contributed by atoms with Crippen LogP contribution in [0.5, 0.6) is 0 Å². The topological polar surface area (TPSA) is 41.3 Å². The molecule has 20 heavy (non-hydrogen) atoms. The van der Waals surface area contributed by atoms with Gasteiger partial charge in [-0.05, 0) is 18.2 Å². The summed E-state index contributed by atoms with van der Waals surface area (Å²) in [7, 11) is 0. The van der Waals surface area contributed by atoms with Crippen LogP contribution >= 0.6 is 0 Å². The molecule has 3 rings (SSSR count). The van der Waals surface area contributed by atoms with E-state index in [1.807, 2.05) is 18.7 Å². The maximum absolute atomic E-state index is 13.9. The Balaban J connectivity index is 0.000000704. The van der Waals surface area contributed by atoms with Crippen LogP contribution in [0.4, 0.5) is 10.1 Å². The average molecular weight is 277 g/mol. The van der Waals surface area contributed by atoms with E-state index in [-0.39, 0.29) is 5.82 Å². The van der Waals surface area contributed by atoms with Gasteiger partial charge in [0.1, 0.15) is 12.1 Å². The molecular weight excluding hydrogens is 257 g/mol. The van der Waals surface area contributed by atoms with E-state index in [4.69, 9.17) is 4.42 Å². The number of hydrogen-bond donors (Lipinski definition) is 1. The number of anilines is 1. The molecular formula is C15H20FN3O. The first kappa shape index (κ1) is 14.5. The second-order valence-corrected chi connectivity index (χ2v) is 4.24. The van der Waals surface area contributed by atoms with Crippen LogP contribution in [0.1, 0.15) is 13.8 Å². The number of nitrogens with zero attached hydrogens (tertiary/aromatic N) is 2. The van der Waals surface area contributed by atoms with Crippen LogP contribution in [0.15, 0.2) is 35.1 Å². The molecule has 0 unspecified atom stereocenters. The number of piperazine rings is 1. The highest BCUT2D eigenvalue weighted by Crippen LogP contribution is 2.26. The van der Waals surface area contributed by atoms with Gasteiger partial charge in [-0.25, -0.2) is 9.37 Å². The molecule has 1 aliphatic rings. The zero-order valence-corrected chi connectivity index (χ0v) is 11.9. The smallest absolute Gasteiger partial charge is 0.225 e. The second kappa shape index (κ2) is 7.05. The molecule has 1 saturated heterocycles. The summed E-state index contributed by atoms with van der Waals surface area (Å²) in [5.74, 6) is 0.318. The number of rotatable bonds is 2. The Morgan fingerprint density at radius 3 is 2.65 bits per heavy atom. The van der Waals surface area contributed by atoms with Crippen molar-refractivity contribution >= 4 is 5.69 Å². The van der Waals surface area contributed by atoms with Crippen molar-refractivity contribution in [3.63, 3.8) is 0 Å². The fourth-order valence-electron chi connectivity index (χ4n) is 2.16. The van der Waals surface area contributed by atoms with Gasteiger partial charge in [-0.15, -0.1) is 0 Å². The molecule has 5 heteroatoms. The molecule has 1 aromatic heterocycles. The van der Waals surface area contributed by atoms with Crippen molar-refractivity contribution in [1.82, 2.24) is 10.3 Å². The van der Waals surface area contributed by atoms with Crippen LogP contribution in [-0.4, -0.2) is 31.2 Å². The number of aromatic nitrogens is 1. The summed E-state index contributed by atoms with van der Waals surface area (Å²) in [6.07, 6.45) is 3.10. The van der Waals surface area contributed by atoms with Crippen molar-refractivity contribution in [2.75, 3.05) is 31.1 Å². The second-order valence-electron chi connectivity index (χ2n) is 4.24. The van der Waals surface area contributed by atoms with Crippen LogP contribution < -0.4 is 10.2 Å². The van der Waals surface area contributed by atoms with Crippen molar-refractivity contribution < 1.29 is 8.81 Å². The third-order valence-electron chi connectivity index (χ3n) is 3.08. The Labute approximate surface area is 118 Å². The minimum absolute atomic E-state index is 0.202. The van der Waals surface area contributed by atoms with Crippen molar-refractivity contribution in [2.24, 2.45) is 0 Å². The number of nitrogens with one attached hydrogen (secondary N) is 1. The summed E-state index contributed by atoms with van der Waals surface area (Å²) < 4.78 is 19.1. The van der Waals surface area contributed by atoms with Gasteiger partial charge < -0.3 is 14.6 Å². The molecule has 2 heterocycles. The summed E-state index contributed by atoms with van der Waals surface area (Å²) in [6.45, 7) is 7.38. The summed E-state index contributed by atoms with van der Waals surface area (Å²) in [5.41, 5.74) is 1.42. The molecule has 1 aliphatic heterocycles. The molecule has 0 saturated carbocycles. The molecule has 108 valence electrons. The lowest BCUT2D eigenvalue weighted by molar-refractivity contribution is 0.563. The van der Waals surface area contributed by atoms with Crippen LogP contribution in [0, 0.1) is 5.82 Å². The molecule has 1 aromatic carbocycles. The fourth-order valence-corrected chi connectivity index (χ4v) is 2.16. The van der Waals surface area contributed by atoms with Crippen molar-refractivity contribution in [2.45, 2.75) is 13.8 Å². The van der Waals surface area contributed by atoms with E-state index in [9.17, 15) is 4.39 Å². The van der Waals surface area contributed by atoms with Gasteiger partial charge in [-0.2, -0.15) is 0 Å². The lowest BCUT2D eigenvalue weighted by Gasteiger charge is -2.29. The molecule has 0 amide bonds. The van der Waals surface area contributed by atoms with Crippen LogP contribution in [-0.2, 0) is 0 Å². The number of oxazole rings is 1. The Hall–Kier alpha value is -1.88. The number of halogens is 1. The first-order chi connectivity index (χ1) is 9.84. The summed E-state index contributed by atoms with van der Waals surface area (Å²) in [6, 6.07) is 4.95. The molecule has 1 fully saturated rings. The largest absolute Gasteiger partial charge is 0.445 e. The van der Waals surface area contributed by atoms with Gasteiger partial charge in [0.2, 0.25) is 5.89 Å². The quantitative estimate of drug-likeness (QED) is 0.916. The van der Waals surface area contributed by atoms with Crippen molar-refractivity contribution in [1.29, 1.82) is 0 Å². The third-order valence-corrected chi connectivity index (χ3v) is 3.08. The molecule has 0 aliphatic carbocycles. The molecule has 1 N–H and O–H groups in total. The van der Waals surface area contributed by atoms with Crippen molar-refractivity contribution in [3.8, 4) is 11.5 Å². The summed E-state index contributed by atoms with van der Waals surface area (Å²) >= 11 is 0. The zero-order chi connectivity index (χ0) is 14.4. The third kappa shape index (κ3) is 3.17. The molecule has 0 radical (unpaired) electrons. The average Bonchev–Trinajstić information content (AvgIpc) is 3.05. The first-order valence-corrected chi connectivity index (χ1v) is 7.00. The monoisotopic (exact) mass is 277 g/mol. The van der Waals surface area contributed by atoms with Gasteiger partial charge in [0.25, 0.3) is 0 Å². The SMILES string of the molecule is CC.Fc1ccc(-c2ncco2)cc1N1CCNCC1. The van der Waals surface area contributed by atoms with Gasteiger partial charge >= 0.3 is 0 Å². The highest BCUT2D eigenvalue weighted by molar-refractivity contribution is 5.63. The van der Waals surface area contributed by atoms with Gasteiger partial charge in [0, 0.05) is 31.7 Å². The van der Waals surface area contributed by atoms with Gasteiger partial charge in [0.15, 0.2) is 0 Å². The molecule has 0 spiro atoms. The van der Waals surface area contributed by atoms with E-state index < -0.39 is 0 Å². The van der Waals surface area contributed by atoms with Crippen LogP contribution in [0.25, 0.3) is 11.5 Å². The Morgan fingerprint density at radius 2 is 2.00 bits per heavy atom. The molecule has 0 bridgehead atoms. The Morgan fingerprint density at radius 1 is 1.25 bits per heavy atom. The van der Waals surface area contributed by atoms with Gasteiger partial charge in [-0.3, -0.25) is 0 Å². The van der Waals surface area contributed by atoms with Gasteiger partial charge in [-0.1, -0.05) is 13.8 Å².